The highest BCUT2D eigenvalue weighted by atomic mass is 32.2. The molecule has 0 saturated carbocycles. The number of amides is 2. The maximum absolute atomic E-state index is 12.3. The van der Waals surface area contributed by atoms with Crippen molar-refractivity contribution in [2.24, 2.45) is 0 Å². The SMILES string of the molecule is O=C(CSc1nnc(Cc2ccccc2)n1Cc1ccccc1)NNC(=O)Cc1ccccc1. The molecule has 0 spiro atoms. The number of hydrogen-bond donors (Lipinski definition) is 2. The molecule has 4 aromatic rings. The monoisotopic (exact) mass is 471 g/mol. The Morgan fingerprint density at radius 2 is 1.26 bits per heavy atom. The smallest absolute Gasteiger partial charge is 0.248 e. The van der Waals surface area contributed by atoms with Gasteiger partial charge in [0.1, 0.15) is 5.82 Å². The fraction of sp³-hybridized carbons (Fsp3) is 0.154. The van der Waals surface area contributed by atoms with Crippen LogP contribution in [0.4, 0.5) is 0 Å². The number of nitrogens with zero attached hydrogens (tertiary/aromatic N) is 3. The molecule has 0 radical (unpaired) electrons. The molecular formula is C26H25N5O2S. The van der Waals surface area contributed by atoms with E-state index in [1.807, 2.05) is 71.3 Å². The molecule has 0 aliphatic carbocycles. The molecular weight excluding hydrogens is 446 g/mol. The number of carbonyl (C=O) groups is 2. The fourth-order valence-corrected chi connectivity index (χ4v) is 4.15. The number of hydrazine groups is 1. The third kappa shape index (κ3) is 6.79. The zero-order chi connectivity index (χ0) is 23.6. The van der Waals surface area contributed by atoms with Crippen molar-refractivity contribution in [3.63, 3.8) is 0 Å². The predicted octanol–water partition coefficient (Wildman–Crippen LogP) is 3.40. The van der Waals surface area contributed by atoms with E-state index in [0.717, 1.165) is 22.5 Å². The molecule has 2 N–H and O–H groups in total. The summed E-state index contributed by atoms with van der Waals surface area (Å²) in [6, 6.07) is 29.5. The molecule has 0 atom stereocenters. The fourth-order valence-electron chi connectivity index (χ4n) is 3.39. The Balaban J connectivity index is 1.37. The van der Waals surface area contributed by atoms with Crippen LogP contribution in [0.1, 0.15) is 22.5 Å². The molecule has 172 valence electrons. The van der Waals surface area contributed by atoms with E-state index in [0.29, 0.717) is 18.1 Å². The van der Waals surface area contributed by atoms with Gasteiger partial charge < -0.3 is 4.57 Å². The molecule has 8 heteroatoms. The highest BCUT2D eigenvalue weighted by Gasteiger charge is 2.15. The van der Waals surface area contributed by atoms with Crippen LogP contribution in [0.3, 0.4) is 0 Å². The summed E-state index contributed by atoms with van der Waals surface area (Å²) in [6.45, 7) is 0.605. The first-order chi connectivity index (χ1) is 16.7. The molecule has 4 rings (SSSR count). The second-order valence-electron chi connectivity index (χ2n) is 7.68. The number of rotatable bonds is 9. The average molecular weight is 472 g/mol. The lowest BCUT2D eigenvalue weighted by Gasteiger charge is -2.11. The number of carbonyl (C=O) groups excluding carboxylic acids is 2. The van der Waals surface area contributed by atoms with Gasteiger partial charge in [-0.2, -0.15) is 0 Å². The van der Waals surface area contributed by atoms with E-state index >= 15 is 0 Å². The summed E-state index contributed by atoms with van der Waals surface area (Å²) in [6.07, 6.45) is 0.839. The number of hydrogen-bond acceptors (Lipinski definition) is 5. The highest BCUT2D eigenvalue weighted by Crippen LogP contribution is 2.20. The number of thioether (sulfide) groups is 1. The molecule has 0 aliphatic heterocycles. The van der Waals surface area contributed by atoms with Gasteiger partial charge >= 0.3 is 0 Å². The third-order valence-electron chi connectivity index (χ3n) is 5.06. The van der Waals surface area contributed by atoms with Crippen LogP contribution >= 0.6 is 11.8 Å². The van der Waals surface area contributed by atoms with Crippen LogP contribution in [0.15, 0.2) is 96.2 Å². The first-order valence-electron chi connectivity index (χ1n) is 10.9. The van der Waals surface area contributed by atoms with Crippen LogP contribution in [0.2, 0.25) is 0 Å². The minimum absolute atomic E-state index is 0.101. The van der Waals surface area contributed by atoms with Gasteiger partial charge in [0.2, 0.25) is 11.8 Å². The number of nitrogens with one attached hydrogen (secondary N) is 2. The number of benzene rings is 3. The lowest BCUT2D eigenvalue weighted by Crippen LogP contribution is -2.43. The summed E-state index contributed by atoms with van der Waals surface area (Å²) in [5, 5.41) is 9.39. The molecule has 1 aromatic heterocycles. The highest BCUT2D eigenvalue weighted by molar-refractivity contribution is 7.99. The maximum Gasteiger partial charge on any atom is 0.248 e. The Hall–Kier alpha value is -3.91. The van der Waals surface area contributed by atoms with Crippen molar-refractivity contribution < 1.29 is 9.59 Å². The molecule has 0 unspecified atom stereocenters. The van der Waals surface area contributed by atoms with E-state index < -0.39 is 0 Å². The van der Waals surface area contributed by atoms with Gasteiger partial charge in [-0.05, 0) is 16.7 Å². The molecule has 0 saturated heterocycles. The van der Waals surface area contributed by atoms with Crippen LogP contribution in [-0.4, -0.2) is 32.3 Å². The summed E-state index contributed by atoms with van der Waals surface area (Å²) in [5.41, 5.74) is 8.08. The topological polar surface area (TPSA) is 88.9 Å². The molecule has 0 bridgehead atoms. The molecule has 0 aliphatic rings. The first-order valence-corrected chi connectivity index (χ1v) is 11.9. The van der Waals surface area contributed by atoms with Crippen molar-refractivity contribution >= 4 is 23.6 Å². The van der Waals surface area contributed by atoms with Crippen molar-refractivity contribution in [1.82, 2.24) is 25.6 Å². The maximum atomic E-state index is 12.3. The Morgan fingerprint density at radius 1 is 0.706 bits per heavy atom. The van der Waals surface area contributed by atoms with Gasteiger partial charge in [0.15, 0.2) is 5.16 Å². The first kappa shape index (κ1) is 23.3. The lowest BCUT2D eigenvalue weighted by atomic mass is 10.1. The van der Waals surface area contributed by atoms with Crippen LogP contribution in [-0.2, 0) is 29.0 Å². The Kier molecular flexibility index (Phi) is 8.08. The third-order valence-corrected chi connectivity index (χ3v) is 6.03. The Bertz CT molecular complexity index is 1210. The molecule has 2 amide bonds. The van der Waals surface area contributed by atoms with E-state index in [4.69, 9.17) is 0 Å². The zero-order valence-corrected chi connectivity index (χ0v) is 19.4. The molecule has 7 nitrogen and oxygen atoms in total. The molecule has 1 heterocycles. The summed E-state index contributed by atoms with van der Waals surface area (Å²) in [4.78, 5) is 24.4. The van der Waals surface area contributed by atoms with Crippen LogP contribution in [0.25, 0.3) is 0 Å². The van der Waals surface area contributed by atoms with Crippen molar-refractivity contribution in [1.29, 1.82) is 0 Å². The van der Waals surface area contributed by atoms with Gasteiger partial charge in [-0.1, -0.05) is 103 Å². The molecule has 3 aromatic carbocycles. The van der Waals surface area contributed by atoms with Crippen molar-refractivity contribution in [2.45, 2.75) is 24.5 Å². The van der Waals surface area contributed by atoms with Crippen LogP contribution in [0.5, 0.6) is 0 Å². The van der Waals surface area contributed by atoms with Crippen LogP contribution < -0.4 is 10.9 Å². The summed E-state index contributed by atoms with van der Waals surface area (Å²) >= 11 is 1.29. The minimum atomic E-state index is -0.315. The van der Waals surface area contributed by atoms with Gasteiger partial charge in [0.05, 0.1) is 18.7 Å². The van der Waals surface area contributed by atoms with Gasteiger partial charge in [0.25, 0.3) is 0 Å². The molecule has 0 fully saturated rings. The Labute approximate surface area is 202 Å². The van der Waals surface area contributed by atoms with Gasteiger partial charge in [-0.25, -0.2) is 0 Å². The van der Waals surface area contributed by atoms with E-state index in [1.165, 1.54) is 11.8 Å². The van der Waals surface area contributed by atoms with E-state index in [-0.39, 0.29) is 24.0 Å². The second kappa shape index (κ2) is 11.8. The van der Waals surface area contributed by atoms with Crippen LogP contribution in [0, 0.1) is 0 Å². The summed E-state index contributed by atoms with van der Waals surface area (Å²) in [7, 11) is 0. The average Bonchev–Trinajstić information content (AvgIpc) is 3.24. The predicted molar refractivity (Wildman–Crippen MR) is 132 cm³/mol. The Morgan fingerprint density at radius 3 is 1.91 bits per heavy atom. The van der Waals surface area contributed by atoms with E-state index in [9.17, 15) is 9.59 Å². The lowest BCUT2D eigenvalue weighted by molar-refractivity contribution is -0.127. The zero-order valence-electron chi connectivity index (χ0n) is 18.6. The van der Waals surface area contributed by atoms with Gasteiger partial charge in [-0.3, -0.25) is 20.4 Å². The largest absolute Gasteiger partial charge is 0.301 e. The van der Waals surface area contributed by atoms with Crippen molar-refractivity contribution in [3.05, 3.63) is 114 Å². The van der Waals surface area contributed by atoms with Gasteiger partial charge in [-0.15, -0.1) is 10.2 Å². The second-order valence-corrected chi connectivity index (χ2v) is 8.62. The standard InChI is InChI=1S/C26H25N5O2S/c32-24(17-21-12-6-2-7-13-21)28-29-25(33)19-34-26-30-27-23(16-20-10-4-1-5-11-20)31(26)18-22-14-8-3-9-15-22/h1-15H,16-19H2,(H,28,32)(H,29,33). The van der Waals surface area contributed by atoms with E-state index in [1.54, 1.807) is 0 Å². The van der Waals surface area contributed by atoms with Crippen molar-refractivity contribution in [3.8, 4) is 0 Å². The quantitative estimate of drug-likeness (QED) is 0.289. The summed E-state index contributed by atoms with van der Waals surface area (Å²) < 4.78 is 2.04. The van der Waals surface area contributed by atoms with E-state index in [2.05, 4.69) is 45.3 Å². The van der Waals surface area contributed by atoms with Gasteiger partial charge in [0, 0.05) is 6.42 Å². The normalized spacial score (nSPS) is 10.6. The van der Waals surface area contributed by atoms with Crippen molar-refractivity contribution in [2.75, 3.05) is 5.75 Å². The molecule has 34 heavy (non-hydrogen) atoms. The minimum Gasteiger partial charge on any atom is -0.301 e. The summed E-state index contributed by atoms with van der Waals surface area (Å²) in [5.74, 6) is 0.338. The number of aromatic nitrogens is 3.